The van der Waals surface area contributed by atoms with Crippen LogP contribution in [0.4, 0.5) is 5.69 Å². The molecule has 1 saturated heterocycles. The van der Waals surface area contributed by atoms with Gasteiger partial charge in [0.1, 0.15) is 11.4 Å². The van der Waals surface area contributed by atoms with Gasteiger partial charge in [0.05, 0.1) is 41.0 Å². The summed E-state index contributed by atoms with van der Waals surface area (Å²) in [5, 5.41) is 19.7. The molecule has 7 nitrogen and oxygen atoms in total. The molecule has 4 aromatic heterocycles. The molecule has 154 valence electrons. The fourth-order valence-corrected chi connectivity index (χ4v) is 4.54. The van der Waals surface area contributed by atoms with E-state index in [-0.39, 0.29) is 5.75 Å². The van der Waals surface area contributed by atoms with Gasteiger partial charge in [0.15, 0.2) is 0 Å². The van der Waals surface area contributed by atoms with Crippen LogP contribution in [0.3, 0.4) is 0 Å². The lowest BCUT2D eigenvalue weighted by Gasteiger charge is -2.28. The summed E-state index contributed by atoms with van der Waals surface area (Å²) in [6, 6.07) is 9.99. The lowest BCUT2D eigenvalue weighted by molar-refractivity contribution is 0.473. The number of pyridine rings is 2. The Morgan fingerprint density at radius 2 is 1.68 bits per heavy atom. The molecule has 0 unspecified atom stereocenters. The lowest BCUT2D eigenvalue weighted by atomic mass is 10.0. The van der Waals surface area contributed by atoms with Gasteiger partial charge >= 0.3 is 0 Å². The van der Waals surface area contributed by atoms with Crippen LogP contribution in [-0.2, 0) is 0 Å². The van der Waals surface area contributed by atoms with Crippen molar-refractivity contribution >= 4 is 27.5 Å². The Morgan fingerprint density at radius 3 is 2.55 bits per heavy atom. The van der Waals surface area contributed by atoms with Crippen molar-refractivity contribution in [1.82, 2.24) is 25.1 Å². The highest BCUT2D eigenvalue weighted by Gasteiger charge is 2.18. The van der Waals surface area contributed by atoms with E-state index >= 15 is 0 Å². The van der Waals surface area contributed by atoms with E-state index in [0.717, 1.165) is 52.0 Å². The van der Waals surface area contributed by atoms with E-state index in [4.69, 9.17) is 0 Å². The van der Waals surface area contributed by atoms with Crippen LogP contribution in [0, 0.1) is 0 Å². The predicted molar refractivity (Wildman–Crippen MR) is 122 cm³/mol. The van der Waals surface area contributed by atoms with E-state index in [2.05, 4.69) is 42.2 Å². The summed E-state index contributed by atoms with van der Waals surface area (Å²) in [5.74, 6) is 0.151. The highest BCUT2D eigenvalue weighted by atomic mass is 16.3. The van der Waals surface area contributed by atoms with Gasteiger partial charge in [-0.3, -0.25) is 15.1 Å². The van der Waals surface area contributed by atoms with Crippen LogP contribution in [0.25, 0.3) is 44.3 Å². The van der Waals surface area contributed by atoms with Gasteiger partial charge in [-0.05, 0) is 49.1 Å². The Morgan fingerprint density at radius 1 is 0.806 bits per heavy atom. The van der Waals surface area contributed by atoms with Crippen LogP contribution < -0.4 is 4.90 Å². The third kappa shape index (κ3) is 3.09. The third-order valence-electron chi connectivity index (χ3n) is 6.10. The van der Waals surface area contributed by atoms with Crippen molar-refractivity contribution in [3.05, 3.63) is 55.1 Å². The summed E-state index contributed by atoms with van der Waals surface area (Å²) < 4.78 is 0. The topological polar surface area (TPSA) is 93.7 Å². The van der Waals surface area contributed by atoms with E-state index in [9.17, 15) is 5.11 Å². The van der Waals surface area contributed by atoms with Crippen LogP contribution >= 0.6 is 0 Å². The zero-order chi connectivity index (χ0) is 20.8. The minimum atomic E-state index is 0.151. The molecule has 0 atom stereocenters. The quantitative estimate of drug-likeness (QED) is 0.395. The highest BCUT2D eigenvalue weighted by Crippen LogP contribution is 2.35. The molecule has 0 aliphatic carbocycles. The van der Waals surface area contributed by atoms with E-state index in [1.165, 1.54) is 36.5 Å². The molecule has 7 heteroatoms. The molecule has 3 N–H and O–H groups in total. The first-order valence-corrected chi connectivity index (χ1v) is 10.6. The van der Waals surface area contributed by atoms with Crippen molar-refractivity contribution in [3.8, 4) is 28.3 Å². The number of fused-ring (bicyclic) bond motifs is 2. The molecular weight excluding hydrogens is 388 g/mol. The minimum absolute atomic E-state index is 0.151. The summed E-state index contributed by atoms with van der Waals surface area (Å²) in [7, 11) is 0. The summed E-state index contributed by atoms with van der Waals surface area (Å²) in [4.78, 5) is 14.5. The number of aromatic nitrogens is 5. The van der Waals surface area contributed by atoms with E-state index in [1.807, 2.05) is 24.5 Å². The molecule has 31 heavy (non-hydrogen) atoms. The number of benzene rings is 1. The molecule has 1 fully saturated rings. The van der Waals surface area contributed by atoms with Crippen LogP contribution in [0.1, 0.15) is 19.3 Å². The zero-order valence-electron chi connectivity index (χ0n) is 17.0. The Balaban J connectivity index is 1.46. The fraction of sp³-hybridized carbons (Fsp3) is 0.208. The third-order valence-corrected chi connectivity index (χ3v) is 6.10. The Kier molecular flexibility index (Phi) is 4.12. The average molecular weight is 410 g/mol. The monoisotopic (exact) mass is 410 g/mol. The summed E-state index contributed by atoms with van der Waals surface area (Å²) >= 11 is 0. The molecule has 0 bridgehead atoms. The van der Waals surface area contributed by atoms with Gasteiger partial charge in [-0.25, -0.2) is 0 Å². The Labute approximate surface area is 178 Å². The number of nitrogens with one attached hydrogen (secondary N) is 2. The second-order valence-electron chi connectivity index (χ2n) is 8.11. The van der Waals surface area contributed by atoms with Gasteiger partial charge in [0.2, 0.25) is 0 Å². The first-order chi connectivity index (χ1) is 15.3. The number of H-pyrrole nitrogens is 2. The van der Waals surface area contributed by atoms with Crippen molar-refractivity contribution < 1.29 is 5.11 Å². The summed E-state index contributed by atoms with van der Waals surface area (Å²) in [5.41, 5.74) is 6.82. The summed E-state index contributed by atoms with van der Waals surface area (Å²) in [6.45, 7) is 2.15. The molecule has 1 aromatic carbocycles. The molecule has 0 amide bonds. The highest BCUT2D eigenvalue weighted by molar-refractivity contribution is 6.00. The average Bonchev–Trinajstić information content (AvgIpc) is 3.43. The number of hydrogen-bond donors (Lipinski definition) is 3. The Hall–Kier alpha value is -3.87. The van der Waals surface area contributed by atoms with Gasteiger partial charge in [0, 0.05) is 35.6 Å². The van der Waals surface area contributed by atoms with E-state index in [1.54, 1.807) is 12.3 Å². The molecule has 0 saturated carbocycles. The van der Waals surface area contributed by atoms with Crippen molar-refractivity contribution in [2.75, 3.05) is 18.0 Å². The van der Waals surface area contributed by atoms with Crippen LogP contribution in [0.5, 0.6) is 5.75 Å². The van der Waals surface area contributed by atoms with Crippen molar-refractivity contribution in [1.29, 1.82) is 0 Å². The zero-order valence-corrected chi connectivity index (χ0v) is 17.0. The van der Waals surface area contributed by atoms with Crippen molar-refractivity contribution in [3.63, 3.8) is 0 Å². The first kappa shape index (κ1) is 17.9. The summed E-state index contributed by atoms with van der Waals surface area (Å²) in [6.07, 6.45) is 10.8. The van der Waals surface area contributed by atoms with Crippen LogP contribution in [0.2, 0.25) is 0 Å². The van der Waals surface area contributed by atoms with Crippen molar-refractivity contribution in [2.45, 2.75) is 19.3 Å². The molecule has 1 aliphatic heterocycles. The fourth-order valence-electron chi connectivity index (χ4n) is 4.54. The number of aromatic hydroxyl groups is 1. The maximum absolute atomic E-state index is 9.80. The normalized spacial score (nSPS) is 14.5. The van der Waals surface area contributed by atoms with E-state index in [0.29, 0.717) is 0 Å². The van der Waals surface area contributed by atoms with Gasteiger partial charge in [-0.15, -0.1) is 0 Å². The first-order valence-electron chi connectivity index (χ1n) is 10.6. The number of aromatic amines is 2. The van der Waals surface area contributed by atoms with E-state index < -0.39 is 0 Å². The van der Waals surface area contributed by atoms with Crippen LogP contribution in [0.15, 0.2) is 55.1 Å². The molecule has 5 heterocycles. The molecule has 5 aromatic rings. The minimum Gasteiger partial charge on any atom is -0.506 e. The Bertz CT molecular complexity index is 1400. The predicted octanol–water partition coefficient (Wildman–Crippen LogP) is 4.86. The molecule has 0 radical (unpaired) electrons. The molecule has 6 rings (SSSR count). The number of hydrogen-bond acceptors (Lipinski definition) is 5. The number of rotatable bonds is 3. The second-order valence-corrected chi connectivity index (χ2v) is 8.11. The van der Waals surface area contributed by atoms with Crippen LogP contribution in [-0.4, -0.2) is 43.3 Å². The molecular formula is C24H22N6O. The standard InChI is InChI=1S/C24H22N6O/c31-17-8-16(11-25-12-17)15-4-5-20-19(9-15)24(29-28-20)21-10-18-22(27-21)13-26-14-23(18)30-6-2-1-3-7-30/h4-5,8-14,27,31H,1-3,6-7H2,(H,28,29). The number of anilines is 1. The molecule has 1 aliphatic rings. The van der Waals surface area contributed by atoms with Gasteiger partial charge in [0.25, 0.3) is 0 Å². The van der Waals surface area contributed by atoms with Gasteiger partial charge in [-0.1, -0.05) is 6.07 Å². The van der Waals surface area contributed by atoms with Gasteiger partial charge < -0.3 is 15.0 Å². The molecule has 0 spiro atoms. The second kappa shape index (κ2) is 7.12. The largest absolute Gasteiger partial charge is 0.506 e. The number of piperidine rings is 1. The lowest BCUT2D eigenvalue weighted by Crippen LogP contribution is -2.29. The maximum Gasteiger partial charge on any atom is 0.134 e. The maximum atomic E-state index is 9.80. The number of nitrogens with zero attached hydrogens (tertiary/aromatic N) is 4. The van der Waals surface area contributed by atoms with Gasteiger partial charge in [-0.2, -0.15) is 5.10 Å². The smallest absolute Gasteiger partial charge is 0.134 e. The van der Waals surface area contributed by atoms with Crippen molar-refractivity contribution in [2.24, 2.45) is 0 Å². The SMILES string of the molecule is Oc1cncc(-c2ccc3[nH]nc(-c4cc5c(N6CCCCC6)cncc5[nH]4)c3c2)c1.